The maximum Gasteiger partial charge on any atom is 0.129 e. The molecule has 0 saturated heterocycles. The number of benzene rings is 1. The Labute approximate surface area is 134 Å². The summed E-state index contributed by atoms with van der Waals surface area (Å²) in [5.41, 5.74) is 2.80. The molecule has 1 fully saturated rings. The van der Waals surface area contributed by atoms with Crippen LogP contribution < -0.4 is 5.32 Å². The molecule has 0 bridgehead atoms. The number of fused-ring (bicyclic) bond motifs is 1. The Morgan fingerprint density at radius 2 is 2.24 bits per heavy atom. The minimum Gasteiger partial charge on any atom is -0.379 e. The van der Waals surface area contributed by atoms with Crippen molar-refractivity contribution in [3.8, 4) is 0 Å². The van der Waals surface area contributed by atoms with Gasteiger partial charge in [0, 0.05) is 18.1 Å². The molecule has 0 aliphatic heterocycles. The van der Waals surface area contributed by atoms with Crippen LogP contribution in [0.15, 0.2) is 12.1 Å². The molecule has 1 aliphatic rings. The van der Waals surface area contributed by atoms with E-state index in [1.807, 2.05) is 12.1 Å². The van der Waals surface area contributed by atoms with Crippen LogP contribution in [0.1, 0.15) is 33.6 Å². The van der Waals surface area contributed by atoms with Gasteiger partial charge in [-0.3, -0.25) is 0 Å². The average Bonchev–Trinajstić information content (AvgIpc) is 2.96. The van der Waals surface area contributed by atoms with Gasteiger partial charge in [-0.1, -0.05) is 25.4 Å². The van der Waals surface area contributed by atoms with Crippen molar-refractivity contribution in [2.75, 3.05) is 11.9 Å². The molecule has 6 heteroatoms. The van der Waals surface area contributed by atoms with Crippen molar-refractivity contribution in [3.05, 3.63) is 17.2 Å². The molecule has 0 spiro atoms. The number of ether oxygens (including phenoxy) is 1. The Kier molecular flexibility index (Phi) is 4.08. The first kappa shape index (κ1) is 15.0. The Morgan fingerprint density at radius 3 is 2.95 bits per heavy atom. The number of hydrogen-bond donors (Lipinski definition) is 1. The lowest BCUT2D eigenvalue weighted by molar-refractivity contribution is -0.109. The summed E-state index contributed by atoms with van der Waals surface area (Å²) in [4.78, 5) is 0. The van der Waals surface area contributed by atoms with Gasteiger partial charge in [-0.15, -0.1) is 0 Å². The molecule has 114 valence electrons. The van der Waals surface area contributed by atoms with Gasteiger partial charge < -0.3 is 10.1 Å². The van der Waals surface area contributed by atoms with Crippen LogP contribution in [-0.2, 0) is 4.74 Å². The van der Waals surface area contributed by atoms with Crippen molar-refractivity contribution in [3.63, 3.8) is 0 Å². The predicted molar refractivity (Wildman–Crippen MR) is 88.3 cm³/mol. The highest BCUT2D eigenvalue weighted by molar-refractivity contribution is 7.00. The molecular formula is C15H20ClN3OS. The number of halogens is 1. The van der Waals surface area contributed by atoms with E-state index in [0.717, 1.165) is 36.2 Å². The topological polar surface area (TPSA) is 47.0 Å². The highest BCUT2D eigenvalue weighted by Crippen LogP contribution is 2.48. The lowest BCUT2D eigenvalue weighted by Crippen LogP contribution is -2.59. The maximum atomic E-state index is 6.36. The van der Waals surface area contributed by atoms with E-state index in [0.29, 0.717) is 17.2 Å². The van der Waals surface area contributed by atoms with Crippen LogP contribution in [0, 0.1) is 5.41 Å². The van der Waals surface area contributed by atoms with Crippen LogP contribution in [0.25, 0.3) is 11.0 Å². The monoisotopic (exact) mass is 325 g/mol. The van der Waals surface area contributed by atoms with Crippen molar-refractivity contribution >= 4 is 40.0 Å². The number of anilines is 1. The number of nitrogens with zero attached hydrogens (tertiary/aromatic N) is 2. The molecule has 1 aromatic heterocycles. The second-order valence-corrected chi connectivity index (χ2v) is 6.73. The summed E-state index contributed by atoms with van der Waals surface area (Å²) in [6.07, 6.45) is 2.39. The quantitative estimate of drug-likeness (QED) is 0.887. The number of aromatic nitrogens is 2. The summed E-state index contributed by atoms with van der Waals surface area (Å²) < 4.78 is 14.5. The standard InChI is InChI=1S/C15H20ClN3OS/c1-4-15(3)11(8-12(15)20-5-2)17-13-9(16)6-7-10-14(13)19-21-18-10/h6-7,11-12,17H,4-5,8H2,1-3H3. The Morgan fingerprint density at radius 1 is 1.43 bits per heavy atom. The van der Waals surface area contributed by atoms with Gasteiger partial charge >= 0.3 is 0 Å². The summed E-state index contributed by atoms with van der Waals surface area (Å²) in [7, 11) is 0. The Hall–Kier alpha value is -0.910. The van der Waals surface area contributed by atoms with E-state index >= 15 is 0 Å². The van der Waals surface area contributed by atoms with E-state index in [4.69, 9.17) is 16.3 Å². The molecule has 3 atom stereocenters. The van der Waals surface area contributed by atoms with Gasteiger partial charge in [0.05, 0.1) is 28.5 Å². The first-order valence-electron chi connectivity index (χ1n) is 7.39. The maximum absolute atomic E-state index is 6.36. The fraction of sp³-hybridized carbons (Fsp3) is 0.600. The molecule has 1 N–H and O–H groups in total. The van der Waals surface area contributed by atoms with E-state index in [1.54, 1.807) is 0 Å². The van der Waals surface area contributed by atoms with E-state index < -0.39 is 0 Å². The molecule has 1 saturated carbocycles. The lowest BCUT2D eigenvalue weighted by Gasteiger charge is -2.54. The highest BCUT2D eigenvalue weighted by atomic mass is 35.5. The van der Waals surface area contributed by atoms with Crippen LogP contribution in [0.2, 0.25) is 5.02 Å². The molecule has 21 heavy (non-hydrogen) atoms. The van der Waals surface area contributed by atoms with E-state index in [-0.39, 0.29) is 5.41 Å². The average molecular weight is 326 g/mol. The van der Waals surface area contributed by atoms with Crippen molar-refractivity contribution in [2.45, 2.75) is 45.8 Å². The summed E-state index contributed by atoms with van der Waals surface area (Å²) in [6.45, 7) is 7.31. The van der Waals surface area contributed by atoms with Crippen LogP contribution >= 0.6 is 23.3 Å². The fourth-order valence-corrected chi connectivity index (χ4v) is 3.86. The van der Waals surface area contributed by atoms with Gasteiger partial charge in [0.25, 0.3) is 0 Å². The Bertz CT molecular complexity index is 647. The van der Waals surface area contributed by atoms with Gasteiger partial charge in [-0.2, -0.15) is 8.75 Å². The van der Waals surface area contributed by atoms with Gasteiger partial charge in [-0.05, 0) is 31.9 Å². The molecular weight excluding hydrogens is 306 g/mol. The molecule has 1 heterocycles. The fourth-order valence-electron chi connectivity index (χ4n) is 3.11. The first-order valence-corrected chi connectivity index (χ1v) is 8.49. The second kappa shape index (κ2) is 5.71. The third-order valence-corrected chi connectivity index (χ3v) is 5.66. The van der Waals surface area contributed by atoms with Crippen molar-refractivity contribution < 1.29 is 4.74 Å². The summed E-state index contributed by atoms with van der Waals surface area (Å²) in [5, 5.41) is 4.30. The van der Waals surface area contributed by atoms with Gasteiger partial charge in [-0.25, -0.2) is 0 Å². The molecule has 2 aromatic rings. The van der Waals surface area contributed by atoms with Crippen molar-refractivity contribution in [2.24, 2.45) is 5.41 Å². The van der Waals surface area contributed by atoms with Crippen LogP contribution in [0.3, 0.4) is 0 Å². The minimum absolute atomic E-state index is 0.130. The zero-order valence-corrected chi connectivity index (χ0v) is 14.1. The smallest absolute Gasteiger partial charge is 0.129 e. The van der Waals surface area contributed by atoms with Crippen LogP contribution in [-0.4, -0.2) is 27.5 Å². The molecule has 1 aromatic carbocycles. The van der Waals surface area contributed by atoms with Crippen molar-refractivity contribution in [1.82, 2.24) is 8.75 Å². The van der Waals surface area contributed by atoms with E-state index in [1.165, 1.54) is 11.7 Å². The van der Waals surface area contributed by atoms with E-state index in [2.05, 4.69) is 34.8 Å². The largest absolute Gasteiger partial charge is 0.379 e. The summed E-state index contributed by atoms with van der Waals surface area (Å²) >= 11 is 7.58. The molecule has 4 nitrogen and oxygen atoms in total. The predicted octanol–water partition coefficient (Wildman–Crippen LogP) is 4.35. The zero-order chi connectivity index (χ0) is 15.0. The number of nitrogens with one attached hydrogen (secondary N) is 1. The second-order valence-electron chi connectivity index (χ2n) is 5.79. The van der Waals surface area contributed by atoms with Gasteiger partial charge in [0.15, 0.2) is 0 Å². The van der Waals surface area contributed by atoms with Crippen LogP contribution in [0.5, 0.6) is 0 Å². The normalized spacial score (nSPS) is 28.6. The molecule has 0 amide bonds. The number of hydrogen-bond acceptors (Lipinski definition) is 5. The lowest BCUT2D eigenvalue weighted by atomic mass is 9.61. The number of rotatable bonds is 5. The molecule has 3 rings (SSSR count). The highest BCUT2D eigenvalue weighted by Gasteiger charge is 2.51. The summed E-state index contributed by atoms with van der Waals surface area (Å²) in [6, 6.07) is 4.15. The molecule has 0 radical (unpaired) electrons. The minimum atomic E-state index is 0.130. The Balaban J connectivity index is 1.86. The SMILES string of the molecule is CCOC1CC(Nc2c(Cl)ccc3nsnc23)C1(C)CC. The third-order valence-electron chi connectivity index (χ3n) is 4.81. The van der Waals surface area contributed by atoms with E-state index in [9.17, 15) is 0 Å². The molecule has 3 unspecified atom stereocenters. The third kappa shape index (κ3) is 2.41. The van der Waals surface area contributed by atoms with Gasteiger partial charge in [0.1, 0.15) is 11.0 Å². The first-order chi connectivity index (χ1) is 10.1. The zero-order valence-electron chi connectivity index (χ0n) is 12.5. The van der Waals surface area contributed by atoms with Gasteiger partial charge in [0.2, 0.25) is 0 Å². The molecule has 1 aliphatic carbocycles. The summed E-state index contributed by atoms with van der Waals surface area (Å²) in [5.74, 6) is 0. The van der Waals surface area contributed by atoms with Crippen LogP contribution in [0.4, 0.5) is 5.69 Å². The van der Waals surface area contributed by atoms with Crippen molar-refractivity contribution in [1.29, 1.82) is 0 Å².